The molecule has 0 unspecified atom stereocenters. The van der Waals surface area contributed by atoms with E-state index in [1.54, 1.807) is 12.1 Å². The molecular weight excluding hydrogens is 350 g/mol. The maximum atomic E-state index is 9.66. The molecule has 4 nitrogen and oxygen atoms in total. The van der Waals surface area contributed by atoms with Gasteiger partial charge in [-0.3, -0.25) is 0 Å². The van der Waals surface area contributed by atoms with Crippen molar-refractivity contribution >= 4 is 0 Å². The van der Waals surface area contributed by atoms with Crippen molar-refractivity contribution in [3.8, 4) is 5.75 Å². The second kappa shape index (κ2) is 7.30. The molecule has 0 spiro atoms. The van der Waals surface area contributed by atoms with E-state index in [1.165, 1.54) is 31.2 Å². The maximum Gasteiger partial charge on any atom is 0.115 e. The molecule has 1 aromatic rings. The molecule has 1 aromatic carbocycles. The molecule has 2 aliphatic carbocycles. The number of benzene rings is 1. The van der Waals surface area contributed by atoms with Crippen LogP contribution >= 0.6 is 0 Å². The van der Waals surface area contributed by atoms with Crippen LogP contribution in [-0.4, -0.2) is 33.6 Å². The highest BCUT2D eigenvalue weighted by Crippen LogP contribution is 2.59. The molecule has 4 N–H and O–H groups in total. The van der Waals surface area contributed by atoms with Crippen molar-refractivity contribution in [2.45, 2.75) is 88.4 Å². The molecule has 5 rings (SSSR count). The van der Waals surface area contributed by atoms with Crippen LogP contribution in [0.25, 0.3) is 0 Å². The van der Waals surface area contributed by atoms with Crippen molar-refractivity contribution in [3.63, 3.8) is 0 Å². The first kappa shape index (κ1) is 20.2. The van der Waals surface area contributed by atoms with Crippen LogP contribution in [0.5, 0.6) is 5.75 Å². The Morgan fingerprint density at radius 3 is 2.57 bits per heavy atom. The minimum absolute atomic E-state index is 0.129. The molecule has 4 heteroatoms. The molecule has 4 fully saturated rings. The van der Waals surface area contributed by atoms with Gasteiger partial charge in [0.25, 0.3) is 0 Å². The number of nitrogens with two attached hydrogens (primary N) is 1. The Morgan fingerprint density at radius 2 is 1.89 bits per heavy atom. The molecule has 0 radical (unpaired) electrons. The number of aliphatic hydroxyl groups is 1. The van der Waals surface area contributed by atoms with E-state index in [-0.39, 0.29) is 23.3 Å². The second-order valence-corrected chi connectivity index (χ2v) is 10.3. The van der Waals surface area contributed by atoms with E-state index in [1.807, 2.05) is 0 Å². The lowest BCUT2D eigenvalue weighted by Crippen LogP contribution is -2.72. The molecule has 2 saturated carbocycles. The third-order valence-corrected chi connectivity index (χ3v) is 8.05. The standard InChI is InChI=1S/C24H37NO3/c1-22(2)21-10-11-24(28-22,16-23(21,25)12-13-26)19-5-3-4-18(15-19)14-17-6-8-20(27)9-7-17/h6-9,18-19,21,26-27H,3-5,10-16,25H2,1-2H3/t18-,19-,21-,23+,24+/m1/s1. The Morgan fingerprint density at radius 1 is 1.14 bits per heavy atom. The number of aromatic hydroxyl groups is 1. The summed E-state index contributed by atoms with van der Waals surface area (Å²) >= 11 is 0. The molecule has 0 aromatic heterocycles. The summed E-state index contributed by atoms with van der Waals surface area (Å²) in [4.78, 5) is 0. The highest BCUT2D eigenvalue weighted by molar-refractivity contribution is 5.26. The number of phenols is 1. The van der Waals surface area contributed by atoms with Gasteiger partial charge in [0, 0.05) is 18.1 Å². The van der Waals surface area contributed by atoms with E-state index in [4.69, 9.17) is 10.5 Å². The topological polar surface area (TPSA) is 75.7 Å². The van der Waals surface area contributed by atoms with Gasteiger partial charge < -0.3 is 20.7 Å². The minimum Gasteiger partial charge on any atom is -0.508 e. The zero-order valence-corrected chi connectivity index (χ0v) is 17.5. The molecule has 5 atom stereocenters. The van der Waals surface area contributed by atoms with E-state index in [9.17, 15) is 10.2 Å². The van der Waals surface area contributed by atoms with Crippen LogP contribution in [0.2, 0.25) is 0 Å². The molecule has 28 heavy (non-hydrogen) atoms. The van der Waals surface area contributed by atoms with Gasteiger partial charge in [-0.25, -0.2) is 0 Å². The first-order chi connectivity index (χ1) is 13.3. The van der Waals surface area contributed by atoms with Crippen LogP contribution in [0.15, 0.2) is 24.3 Å². The number of ether oxygens (including phenoxy) is 1. The summed E-state index contributed by atoms with van der Waals surface area (Å²) in [6.45, 7) is 4.58. The number of hydrogen-bond acceptors (Lipinski definition) is 4. The van der Waals surface area contributed by atoms with Gasteiger partial charge in [-0.05, 0) is 88.3 Å². The summed E-state index contributed by atoms with van der Waals surface area (Å²) in [5, 5.41) is 19.2. The SMILES string of the molecule is CC1(C)O[C@@]2([C@@H]3CCC[C@H](Cc4ccc(O)cc4)C3)CC[C@H]1[C@](N)(CCO)C2. The van der Waals surface area contributed by atoms with Crippen molar-refractivity contribution in [1.29, 1.82) is 0 Å². The van der Waals surface area contributed by atoms with Crippen LogP contribution in [0.3, 0.4) is 0 Å². The average Bonchev–Trinajstić information content (AvgIpc) is 2.63. The lowest BCUT2D eigenvalue weighted by atomic mass is 9.53. The summed E-state index contributed by atoms with van der Waals surface area (Å²) in [5.41, 5.74) is 7.59. The molecule has 2 saturated heterocycles. The lowest BCUT2D eigenvalue weighted by Gasteiger charge is -2.65. The number of phenolic OH excluding ortho intramolecular Hbond substituents is 1. The van der Waals surface area contributed by atoms with Gasteiger partial charge in [0.05, 0.1) is 11.2 Å². The average molecular weight is 388 g/mol. The van der Waals surface area contributed by atoms with Gasteiger partial charge in [-0.1, -0.05) is 25.0 Å². The van der Waals surface area contributed by atoms with E-state index in [0.717, 1.165) is 25.7 Å². The number of rotatable bonds is 5. The van der Waals surface area contributed by atoms with Crippen LogP contribution in [0, 0.1) is 17.8 Å². The second-order valence-electron chi connectivity index (χ2n) is 10.3. The molecule has 4 aliphatic rings. The molecular formula is C24H37NO3. The van der Waals surface area contributed by atoms with Gasteiger partial charge in [0.15, 0.2) is 0 Å². The van der Waals surface area contributed by atoms with E-state index in [2.05, 4.69) is 26.0 Å². The van der Waals surface area contributed by atoms with Crippen LogP contribution in [0.1, 0.15) is 70.8 Å². The fourth-order valence-electron chi connectivity index (χ4n) is 6.99. The predicted molar refractivity (Wildman–Crippen MR) is 111 cm³/mol. The van der Waals surface area contributed by atoms with Gasteiger partial charge >= 0.3 is 0 Å². The Bertz CT molecular complexity index is 688. The molecule has 2 aliphatic heterocycles. The summed E-state index contributed by atoms with van der Waals surface area (Å²) in [5.74, 6) is 1.87. The van der Waals surface area contributed by atoms with Crippen molar-refractivity contribution in [1.82, 2.24) is 0 Å². The fraction of sp³-hybridized carbons (Fsp3) is 0.750. The van der Waals surface area contributed by atoms with E-state index >= 15 is 0 Å². The predicted octanol–water partition coefficient (Wildman–Crippen LogP) is 4.17. The zero-order chi connectivity index (χ0) is 20.0. The van der Waals surface area contributed by atoms with Crippen molar-refractivity contribution in [2.75, 3.05) is 6.61 Å². The molecule has 0 amide bonds. The van der Waals surface area contributed by atoms with Gasteiger partial charge in [-0.15, -0.1) is 0 Å². The van der Waals surface area contributed by atoms with E-state index in [0.29, 0.717) is 29.9 Å². The monoisotopic (exact) mass is 387 g/mol. The number of aliphatic hydroxyl groups excluding tert-OH is 1. The smallest absolute Gasteiger partial charge is 0.115 e. The first-order valence-electron chi connectivity index (χ1n) is 11.1. The van der Waals surface area contributed by atoms with Crippen LogP contribution < -0.4 is 5.73 Å². The van der Waals surface area contributed by atoms with Gasteiger partial charge in [0.2, 0.25) is 0 Å². The van der Waals surface area contributed by atoms with Gasteiger partial charge in [-0.2, -0.15) is 0 Å². The summed E-state index contributed by atoms with van der Waals surface area (Å²) in [6, 6.07) is 7.68. The summed E-state index contributed by atoms with van der Waals surface area (Å²) in [6.07, 6.45) is 9.80. The van der Waals surface area contributed by atoms with Crippen LogP contribution in [0.4, 0.5) is 0 Å². The maximum absolute atomic E-state index is 9.66. The highest BCUT2D eigenvalue weighted by atomic mass is 16.5. The molecule has 2 bridgehead atoms. The lowest BCUT2D eigenvalue weighted by molar-refractivity contribution is -0.287. The number of hydrogen-bond donors (Lipinski definition) is 3. The fourth-order valence-corrected chi connectivity index (χ4v) is 6.99. The van der Waals surface area contributed by atoms with Crippen LogP contribution in [-0.2, 0) is 11.2 Å². The normalized spacial score (nSPS) is 39.8. The minimum atomic E-state index is -0.307. The summed E-state index contributed by atoms with van der Waals surface area (Å²) in [7, 11) is 0. The number of fused-ring (bicyclic) bond motifs is 3. The first-order valence-corrected chi connectivity index (χ1v) is 11.1. The third-order valence-electron chi connectivity index (χ3n) is 8.05. The third kappa shape index (κ3) is 3.59. The quantitative estimate of drug-likeness (QED) is 0.709. The zero-order valence-electron chi connectivity index (χ0n) is 17.5. The van der Waals surface area contributed by atoms with Crippen molar-refractivity contribution in [2.24, 2.45) is 23.5 Å². The van der Waals surface area contributed by atoms with E-state index < -0.39 is 0 Å². The summed E-state index contributed by atoms with van der Waals surface area (Å²) < 4.78 is 6.86. The van der Waals surface area contributed by atoms with Crippen molar-refractivity contribution < 1.29 is 14.9 Å². The molecule has 156 valence electrons. The van der Waals surface area contributed by atoms with Gasteiger partial charge in [0.1, 0.15) is 5.75 Å². The Labute approximate surface area is 169 Å². The Balaban J connectivity index is 1.52. The highest BCUT2D eigenvalue weighted by Gasteiger charge is 2.62. The molecule has 2 heterocycles. The Hall–Kier alpha value is -1.10. The van der Waals surface area contributed by atoms with Crippen molar-refractivity contribution in [3.05, 3.63) is 29.8 Å². The largest absolute Gasteiger partial charge is 0.508 e. The Kier molecular flexibility index (Phi) is 5.26.